The predicted octanol–water partition coefficient (Wildman–Crippen LogP) is 3.84. The van der Waals surface area contributed by atoms with E-state index >= 15 is 0 Å². The Hall–Kier alpha value is -2.89. The molecule has 15 heteroatoms. The lowest BCUT2D eigenvalue weighted by atomic mass is 9.97. The van der Waals surface area contributed by atoms with Crippen LogP contribution >= 0.6 is 11.3 Å². The van der Waals surface area contributed by atoms with E-state index in [1.165, 1.54) is 28.5 Å². The third kappa shape index (κ3) is 8.29. The second-order valence-corrected chi connectivity index (χ2v) is 19.1. The average Bonchev–Trinajstić information content (AvgIpc) is 3.93. The van der Waals surface area contributed by atoms with Gasteiger partial charge in [0.05, 0.1) is 40.5 Å². The molecule has 13 nitrogen and oxygen atoms in total. The molecule has 0 radical (unpaired) electrons. The van der Waals surface area contributed by atoms with Crippen LogP contribution in [0, 0.1) is 23.7 Å². The van der Waals surface area contributed by atoms with E-state index < -0.39 is 28.3 Å². The maximum Gasteiger partial charge on any atom is 0.407 e. The van der Waals surface area contributed by atoms with Gasteiger partial charge in [0.2, 0.25) is 10.0 Å². The van der Waals surface area contributed by atoms with Crippen LogP contribution in [0.2, 0.25) is 0 Å². The first kappa shape index (κ1) is 38.0. The number of hydrogen-bond acceptors (Lipinski definition) is 12. The molecule has 0 spiro atoms. The van der Waals surface area contributed by atoms with Crippen LogP contribution in [0.4, 0.5) is 9.93 Å². The summed E-state index contributed by atoms with van der Waals surface area (Å²) >= 11 is 1.45. The summed E-state index contributed by atoms with van der Waals surface area (Å²) < 4.78 is 49.1. The van der Waals surface area contributed by atoms with E-state index in [9.17, 15) is 18.3 Å². The number of carbonyl (C=O) groups excluding carboxylic acids is 1. The number of hydrogen-bond donors (Lipinski definition) is 3. The van der Waals surface area contributed by atoms with Gasteiger partial charge in [-0.15, -0.1) is 0 Å². The molecular formula is C39H54N6O7S2. The van der Waals surface area contributed by atoms with Gasteiger partial charge >= 0.3 is 6.09 Å². The van der Waals surface area contributed by atoms with Gasteiger partial charge in [-0.25, -0.2) is 18.2 Å². The fourth-order valence-electron chi connectivity index (χ4n) is 8.97. The van der Waals surface area contributed by atoms with Crippen LogP contribution in [0.1, 0.15) is 38.7 Å². The van der Waals surface area contributed by atoms with E-state index in [0.717, 1.165) is 66.6 Å². The minimum absolute atomic E-state index is 0.0805. The maximum absolute atomic E-state index is 14.6. The molecule has 8 rings (SSSR count). The minimum atomic E-state index is -4.05. The van der Waals surface area contributed by atoms with Crippen molar-refractivity contribution in [3.05, 3.63) is 54.1 Å². The molecule has 5 aliphatic rings. The fourth-order valence-corrected chi connectivity index (χ4v) is 11.5. The highest BCUT2D eigenvalue weighted by molar-refractivity contribution is 7.89. The van der Waals surface area contributed by atoms with Crippen molar-refractivity contribution in [2.45, 2.75) is 75.0 Å². The number of aromatic nitrogens is 1. The molecule has 7 atom stereocenters. The Morgan fingerprint density at radius 2 is 1.87 bits per heavy atom. The summed E-state index contributed by atoms with van der Waals surface area (Å²) in [7, 11) is -4.05. The first-order valence-corrected chi connectivity index (χ1v) is 21.9. The number of amides is 1. The summed E-state index contributed by atoms with van der Waals surface area (Å²) in [5.41, 5.74) is 1.64. The Morgan fingerprint density at radius 3 is 2.65 bits per heavy atom. The van der Waals surface area contributed by atoms with Gasteiger partial charge in [-0.2, -0.15) is 4.31 Å². The van der Waals surface area contributed by atoms with Crippen LogP contribution in [0.25, 0.3) is 10.2 Å². The van der Waals surface area contributed by atoms with Crippen LogP contribution < -0.4 is 10.6 Å². The minimum Gasteiger partial charge on any atom is -0.445 e. The van der Waals surface area contributed by atoms with Gasteiger partial charge in [0, 0.05) is 63.1 Å². The number of nitrogens with zero attached hydrogens (tertiary/aromatic N) is 4. The number of sulfonamides is 1. The zero-order valence-corrected chi connectivity index (χ0v) is 32.8. The highest BCUT2D eigenvalue weighted by atomic mass is 32.2. The van der Waals surface area contributed by atoms with Crippen molar-refractivity contribution in [2.24, 2.45) is 23.7 Å². The maximum atomic E-state index is 14.6. The third-order valence-electron chi connectivity index (χ3n) is 12.1. The van der Waals surface area contributed by atoms with E-state index in [1.807, 2.05) is 30.3 Å². The number of anilines is 1. The van der Waals surface area contributed by atoms with E-state index in [-0.39, 0.29) is 54.1 Å². The number of aliphatic hydroxyl groups is 1. The van der Waals surface area contributed by atoms with Gasteiger partial charge in [0.1, 0.15) is 6.10 Å². The SMILES string of the molecule is CC(C)N1CC(CN(C[C@@H](O)[C@H](Cc2ccccc2)NC(=O)OC2C3COC4OC[C@H]2CC43)S(=O)(=O)c2ccc3nc(NCCN4CCCC4)sc3c2)C1. The topological polar surface area (TPSA) is 146 Å². The summed E-state index contributed by atoms with van der Waals surface area (Å²) in [5.74, 6) is 0.516. The standard InChI is InChI=1S/C39H54N6O7S2/c1-25(2)44-19-27(20-44)21-45(54(48,49)29-10-11-32-35(18-29)53-38(41-32)40-12-15-43-13-6-7-14-43)22-34(46)33(16-26-8-4-3-5-9-26)42-39(47)52-36-28-17-30-31(36)24-51-37(30)50-23-28/h3-5,8-11,18,25,27-28,30-31,33-34,36-37,46H,6-7,12-17,19-24H2,1-2H3,(H,40,41)(H,42,47)/t28-,30?,31?,33+,34-,36?,37?/m1/s1. The highest BCUT2D eigenvalue weighted by Crippen LogP contribution is 2.49. The van der Waals surface area contributed by atoms with Crippen molar-refractivity contribution in [1.82, 2.24) is 24.4 Å². The molecule has 294 valence electrons. The van der Waals surface area contributed by atoms with E-state index in [2.05, 4.69) is 34.3 Å². The molecule has 4 saturated heterocycles. The lowest BCUT2D eigenvalue weighted by molar-refractivity contribution is -0.169. The summed E-state index contributed by atoms with van der Waals surface area (Å²) in [6.45, 7) is 10.8. The smallest absolute Gasteiger partial charge is 0.407 e. The normalized spacial score (nSPS) is 27.1. The average molecular weight is 783 g/mol. The summed E-state index contributed by atoms with van der Waals surface area (Å²) in [5, 5.41) is 19.1. The van der Waals surface area contributed by atoms with Gasteiger partial charge in [-0.1, -0.05) is 41.7 Å². The number of fused-ring (bicyclic) bond motifs is 2. The van der Waals surface area contributed by atoms with Crippen molar-refractivity contribution in [2.75, 3.05) is 70.9 Å². The van der Waals surface area contributed by atoms with Crippen LogP contribution in [0.3, 0.4) is 0 Å². The van der Waals surface area contributed by atoms with Gasteiger partial charge in [0.15, 0.2) is 11.4 Å². The zero-order valence-electron chi connectivity index (χ0n) is 31.2. The van der Waals surface area contributed by atoms with Gasteiger partial charge in [0.25, 0.3) is 0 Å². The van der Waals surface area contributed by atoms with E-state index in [0.29, 0.717) is 25.7 Å². The Labute approximate surface area is 322 Å². The largest absolute Gasteiger partial charge is 0.445 e. The van der Waals surface area contributed by atoms with Crippen molar-refractivity contribution in [1.29, 1.82) is 0 Å². The summed E-state index contributed by atoms with van der Waals surface area (Å²) in [6, 6.07) is 14.2. The van der Waals surface area contributed by atoms with Crippen LogP contribution in [-0.4, -0.2) is 135 Å². The molecule has 2 aromatic carbocycles. The number of likely N-dealkylation sites (tertiary alicyclic amines) is 2. The van der Waals surface area contributed by atoms with Gasteiger partial charge < -0.3 is 39.8 Å². The summed E-state index contributed by atoms with van der Waals surface area (Å²) in [4.78, 5) is 23.2. The lowest BCUT2D eigenvalue weighted by Gasteiger charge is -2.44. The molecule has 1 aromatic heterocycles. The third-order valence-corrected chi connectivity index (χ3v) is 14.9. The molecule has 1 aliphatic carbocycles. The van der Waals surface area contributed by atoms with Crippen molar-refractivity contribution in [3.8, 4) is 0 Å². The molecule has 4 unspecified atom stereocenters. The first-order chi connectivity index (χ1) is 26.1. The second-order valence-electron chi connectivity index (χ2n) is 16.1. The number of ether oxygens (including phenoxy) is 3. The predicted molar refractivity (Wildman–Crippen MR) is 207 cm³/mol. The molecule has 54 heavy (non-hydrogen) atoms. The molecule has 3 aromatic rings. The summed E-state index contributed by atoms with van der Waals surface area (Å²) in [6.07, 6.45) is 1.27. The molecule has 4 aliphatic heterocycles. The fraction of sp³-hybridized carbons (Fsp3) is 0.641. The Bertz CT molecular complexity index is 1850. The molecule has 1 saturated carbocycles. The Balaban J connectivity index is 0.996. The van der Waals surface area contributed by atoms with Crippen molar-refractivity contribution in [3.63, 3.8) is 0 Å². The number of rotatable bonds is 16. The van der Waals surface area contributed by atoms with Crippen molar-refractivity contribution >= 4 is 42.8 Å². The molecular weight excluding hydrogens is 729 g/mol. The lowest BCUT2D eigenvalue weighted by Crippen LogP contribution is -2.56. The number of carbonyl (C=O) groups is 1. The zero-order chi connectivity index (χ0) is 37.4. The Kier molecular flexibility index (Phi) is 11.5. The molecule has 1 amide bonds. The number of alkyl carbamates (subject to hydrolysis) is 1. The number of nitrogens with one attached hydrogen (secondary N) is 2. The Morgan fingerprint density at radius 1 is 1.09 bits per heavy atom. The van der Waals surface area contributed by atoms with Crippen LogP contribution in [-0.2, 0) is 30.7 Å². The number of thiazole rings is 1. The van der Waals surface area contributed by atoms with Crippen LogP contribution in [0.5, 0.6) is 0 Å². The van der Waals surface area contributed by atoms with Gasteiger partial charge in [-0.05, 0) is 82.3 Å². The second kappa shape index (κ2) is 16.3. The number of aliphatic hydroxyl groups excluding tert-OH is 1. The van der Waals surface area contributed by atoms with E-state index in [1.54, 1.807) is 18.2 Å². The molecule has 5 fully saturated rings. The molecule has 3 N–H and O–H groups in total. The first-order valence-electron chi connectivity index (χ1n) is 19.6. The van der Waals surface area contributed by atoms with Crippen LogP contribution in [0.15, 0.2) is 53.4 Å². The highest BCUT2D eigenvalue weighted by Gasteiger charge is 2.56. The molecule has 5 heterocycles. The van der Waals surface area contributed by atoms with E-state index in [4.69, 9.17) is 19.2 Å². The number of benzene rings is 2. The monoisotopic (exact) mass is 782 g/mol. The quantitative estimate of drug-likeness (QED) is 0.195. The van der Waals surface area contributed by atoms with Gasteiger partial charge in [-0.3, -0.25) is 0 Å². The van der Waals surface area contributed by atoms with Crippen molar-refractivity contribution < 1.29 is 32.5 Å². The molecule has 2 bridgehead atoms.